The molecule has 0 fully saturated rings. The van der Waals surface area contributed by atoms with E-state index in [4.69, 9.17) is 19.4 Å². The summed E-state index contributed by atoms with van der Waals surface area (Å²) in [5.74, 6) is 1.84. The Kier molecular flexibility index (Phi) is 6.15. The maximum Gasteiger partial charge on any atom is 0.164 e. The Hall–Kier alpha value is -6.65. The van der Waals surface area contributed by atoms with Gasteiger partial charge in [-0.05, 0) is 67.7 Å². The van der Waals surface area contributed by atoms with E-state index in [9.17, 15) is 0 Å². The van der Waals surface area contributed by atoms with Gasteiger partial charge in [0.25, 0.3) is 0 Å². The summed E-state index contributed by atoms with van der Waals surface area (Å²) >= 11 is 0. The molecule has 0 amide bonds. The normalized spacial score (nSPS) is 11.7. The van der Waals surface area contributed by atoms with Gasteiger partial charge in [-0.1, -0.05) is 140 Å². The fourth-order valence-electron chi connectivity index (χ4n) is 7.14. The molecule has 228 valence electrons. The highest BCUT2D eigenvalue weighted by Gasteiger charge is 2.18. The number of benzene rings is 8. The Morgan fingerprint density at radius 1 is 0.327 bits per heavy atom. The van der Waals surface area contributed by atoms with Crippen molar-refractivity contribution in [2.24, 2.45) is 0 Å². The summed E-state index contributed by atoms with van der Waals surface area (Å²) in [6, 6.07) is 57.0. The van der Waals surface area contributed by atoms with Crippen molar-refractivity contribution >= 4 is 54.3 Å². The van der Waals surface area contributed by atoms with Crippen LogP contribution in [0.1, 0.15) is 0 Å². The van der Waals surface area contributed by atoms with E-state index in [-0.39, 0.29) is 0 Å². The number of hydrogen-bond acceptors (Lipinski definition) is 4. The van der Waals surface area contributed by atoms with Crippen molar-refractivity contribution in [2.75, 3.05) is 0 Å². The standard InChI is InChI=1S/C45H27N3O/c1-2-10-28(11-3-1)35-16-8-13-30-22-24-32(26-38(30)35)43-46-44(33-25-23-31-21-20-29-12-4-5-14-34(29)39(31)27-33)48-45(47-43)37-17-9-19-41-42(37)36-15-6-7-18-40(36)49-41/h1-27H. The van der Waals surface area contributed by atoms with Crippen molar-refractivity contribution in [1.29, 1.82) is 0 Å². The second-order valence-corrected chi connectivity index (χ2v) is 12.4. The van der Waals surface area contributed by atoms with Gasteiger partial charge in [-0.15, -0.1) is 0 Å². The molecule has 0 atom stereocenters. The minimum atomic E-state index is 0.603. The van der Waals surface area contributed by atoms with E-state index >= 15 is 0 Å². The lowest BCUT2D eigenvalue weighted by Gasteiger charge is -2.12. The van der Waals surface area contributed by atoms with Crippen LogP contribution in [0.2, 0.25) is 0 Å². The van der Waals surface area contributed by atoms with E-state index in [2.05, 4.69) is 127 Å². The number of hydrogen-bond donors (Lipinski definition) is 0. The highest BCUT2D eigenvalue weighted by molar-refractivity contribution is 6.12. The molecular weight excluding hydrogens is 599 g/mol. The molecule has 0 saturated heterocycles. The number of aromatic nitrogens is 3. The van der Waals surface area contributed by atoms with Crippen LogP contribution in [0.4, 0.5) is 0 Å². The van der Waals surface area contributed by atoms with Gasteiger partial charge in [0.1, 0.15) is 11.2 Å². The first kappa shape index (κ1) is 27.5. The van der Waals surface area contributed by atoms with E-state index < -0.39 is 0 Å². The molecule has 0 N–H and O–H groups in total. The minimum absolute atomic E-state index is 0.603. The van der Waals surface area contributed by atoms with Gasteiger partial charge in [0.2, 0.25) is 0 Å². The van der Waals surface area contributed by atoms with Crippen molar-refractivity contribution in [2.45, 2.75) is 0 Å². The maximum atomic E-state index is 6.27. The number of furan rings is 1. The number of nitrogens with zero attached hydrogens (tertiary/aromatic N) is 3. The summed E-state index contributed by atoms with van der Waals surface area (Å²) in [5, 5.41) is 9.09. The molecule has 0 aliphatic rings. The van der Waals surface area contributed by atoms with Crippen LogP contribution in [0.5, 0.6) is 0 Å². The maximum absolute atomic E-state index is 6.27. The van der Waals surface area contributed by atoms with Crippen LogP contribution >= 0.6 is 0 Å². The fraction of sp³-hybridized carbons (Fsp3) is 0. The second kappa shape index (κ2) is 11.0. The molecule has 10 rings (SSSR count). The molecule has 4 nitrogen and oxygen atoms in total. The first-order valence-corrected chi connectivity index (χ1v) is 16.4. The van der Waals surface area contributed by atoms with E-state index in [1.807, 2.05) is 36.4 Å². The van der Waals surface area contributed by atoms with Crippen LogP contribution < -0.4 is 0 Å². The van der Waals surface area contributed by atoms with Crippen molar-refractivity contribution < 1.29 is 4.42 Å². The van der Waals surface area contributed by atoms with Gasteiger partial charge >= 0.3 is 0 Å². The molecule has 0 aliphatic heterocycles. The van der Waals surface area contributed by atoms with Crippen LogP contribution in [0.3, 0.4) is 0 Å². The summed E-state index contributed by atoms with van der Waals surface area (Å²) in [6.45, 7) is 0. The molecule has 0 aliphatic carbocycles. The molecule has 0 unspecified atom stereocenters. The van der Waals surface area contributed by atoms with Gasteiger partial charge in [-0.2, -0.15) is 0 Å². The molecule has 0 spiro atoms. The zero-order valence-electron chi connectivity index (χ0n) is 26.3. The van der Waals surface area contributed by atoms with Gasteiger partial charge in [0, 0.05) is 27.5 Å². The zero-order chi connectivity index (χ0) is 32.3. The van der Waals surface area contributed by atoms with Crippen molar-refractivity contribution in [3.05, 3.63) is 164 Å². The van der Waals surface area contributed by atoms with E-state index in [0.717, 1.165) is 49.4 Å². The first-order chi connectivity index (χ1) is 24.3. The monoisotopic (exact) mass is 625 g/mol. The third kappa shape index (κ3) is 4.57. The predicted octanol–water partition coefficient (Wildman–Crippen LogP) is 11.9. The smallest absolute Gasteiger partial charge is 0.164 e. The van der Waals surface area contributed by atoms with Gasteiger partial charge in [0.05, 0.1) is 0 Å². The summed E-state index contributed by atoms with van der Waals surface area (Å²) < 4.78 is 6.27. The molecule has 8 aromatic carbocycles. The molecule has 0 bridgehead atoms. The Labute approximate surface area is 282 Å². The zero-order valence-corrected chi connectivity index (χ0v) is 26.3. The lowest BCUT2D eigenvalue weighted by Crippen LogP contribution is -2.00. The summed E-state index contributed by atoms with van der Waals surface area (Å²) in [6.07, 6.45) is 0. The third-order valence-electron chi connectivity index (χ3n) is 9.51. The van der Waals surface area contributed by atoms with Crippen molar-refractivity contribution in [3.8, 4) is 45.3 Å². The Morgan fingerprint density at radius 3 is 1.69 bits per heavy atom. The van der Waals surface area contributed by atoms with E-state index in [1.165, 1.54) is 32.7 Å². The molecule has 4 heteroatoms. The third-order valence-corrected chi connectivity index (χ3v) is 9.51. The Bertz CT molecular complexity index is 2890. The first-order valence-electron chi connectivity index (χ1n) is 16.4. The Morgan fingerprint density at radius 2 is 0.878 bits per heavy atom. The predicted molar refractivity (Wildman–Crippen MR) is 201 cm³/mol. The number of fused-ring (bicyclic) bond motifs is 7. The van der Waals surface area contributed by atoms with Crippen LogP contribution in [-0.4, -0.2) is 15.0 Å². The van der Waals surface area contributed by atoms with Crippen molar-refractivity contribution in [3.63, 3.8) is 0 Å². The average molecular weight is 626 g/mol. The minimum Gasteiger partial charge on any atom is -0.456 e. The van der Waals surface area contributed by atoms with E-state index in [1.54, 1.807) is 0 Å². The average Bonchev–Trinajstić information content (AvgIpc) is 3.56. The molecule has 0 radical (unpaired) electrons. The fourth-order valence-corrected chi connectivity index (χ4v) is 7.14. The SMILES string of the molecule is c1ccc(-c2cccc3ccc(-c4nc(-c5ccc6ccc7ccccc7c6c5)nc(-c5cccc6oc7ccccc7c56)n4)cc23)cc1. The lowest BCUT2D eigenvalue weighted by molar-refractivity contribution is 0.669. The highest BCUT2D eigenvalue weighted by atomic mass is 16.3. The van der Waals surface area contributed by atoms with Gasteiger partial charge in [-0.3, -0.25) is 0 Å². The second-order valence-electron chi connectivity index (χ2n) is 12.4. The van der Waals surface area contributed by atoms with Gasteiger partial charge < -0.3 is 4.42 Å². The van der Waals surface area contributed by atoms with Crippen LogP contribution in [-0.2, 0) is 0 Å². The van der Waals surface area contributed by atoms with E-state index in [0.29, 0.717) is 17.5 Å². The lowest BCUT2D eigenvalue weighted by atomic mass is 9.96. The molecule has 2 heterocycles. The van der Waals surface area contributed by atoms with Crippen LogP contribution in [0.15, 0.2) is 168 Å². The summed E-state index contributed by atoms with van der Waals surface area (Å²) in [4.78, 5) is 15.6. The van der Waals surface area contributed by atoms with Gasteiger partial charge in [-0.25, -0.2) is 15.0 Å². The molecule has 2 aromatic heterocycles. The largest absolute Gasteiger partial charge is 0.456 e. The number of rotatable bonds is 4. The topological polar surface area (TPSA) is 51.8 Å². The molecule has 10 aromatic rings. The Balaban J connectivity index is 1.24. The van der Waals surface area contributed by atoms with Gasteiger partial charge in [0.15, 0.2) is 17.5 Å². The number of para-hydroxylation sites is 1. The molecule has 0 saturated carbocycles. The summed E-state index contributed by atoms with van der Waals surface area (Å²) in [5.41, 5.74) is 6.75. The van der Waals surface area contributed by atoms with Crippen LogP contribution in [0.25, 0.3) is 99.5 Å². The molecule has 49 heavy (non-hydrogen) atoms. The van der Waals surface area contributed by atoms with Crippen LogP contribution in [0, 0.1) is 0 Å². The quantitative estimate of drug-likeness (QED) is 0.183. The summed E-state index contributed by atoms with van der Waals surface area (Å²) in [7, 11) is 0. The van der Waals surface area contributed by atoms with Crippen molar-refractivity contribution in [1.82, 2.24) is 15.0 Å². The highest BCUT2D eigenvalue weighted by Crippen LogP contribution is 2.38. The molecular formula is C45H27N3O.